The molecule has 0 amide bonds. The lowest BCUT2D eigenvalue weighted by Gasteiger charge is -2.21. The van der Waals surface area contributed by atoms with Crippen LogP contribution in [0.1, 0.15) is 5.56 Å². The summed E-state index contributed by atoms with van der Waals surface area (Å²) in [5.74, 6) is 1.05. The van der Waals surface area contributed by atoms with E-state index in [1.165, 1.54) is 27.1 Å². The zero-order chi connectivity index (χ0) is 12.9. The van der Waals surface area contributed by atoms with Crippen molar-refractivity contribution in [3.05, 3.63) is 42.0 Å². The highest BCUT2D eigenvalue weighted by Crippen LogP contribution is 2.32. The fourth-order valence-corrected chi connectivity index (χ4v) is 6.47. The molecule has 0 N–H and O–H groups in total. The lowest BCUT2D eigenvalue weighted by Crippen LogP contribution is -2.49. The predicted molar refractivity (Wildman–Crippen MR) is 79.9 cm³/mol. The standard InChI is InChI=1S/C16H18OSi/c1-11-8-9-15-13(10-11)12-6-5-7-14(17-2)16(12)18(15,3)4/h5-10H,1-4H3. The molecule has 0 radical (unpaired) electrons. The van der Waals surface area contributed by atoms with E-state index in [4.69, 9.17) is 4.74 Å². The van der Waals surface area contributed by atoms with Gasteiger partial charge in [-0.05, 0) is 34.5 Å². The molecule has 92 valence electrons. The van der Waals surface area contributed by atoms with Crippen molar-refractivity contribution >= 4 is 18.4 Å². The Hall–Kier alpha value is -1.54. The molecule has 0 atom stereocenters. The minimum atomic E-state index is -1.59. The van der Waals surface area contributed by atoms with Crippen molar-refractivity contribution in [3.8, 4) is 16.9 Å². The van der Waals surface area contributed by atoms with Crippen LogP contribution in [0.2, 0.25) is 13.1 Å². The van der Waals surface area contributed by atoms with Crippen LogP contribution in [0.25, 0.3) is 11.1 Å². The first-order chi connectivity index (χ1) is 8.55. The van der Waals surface area contributed by atoms with Crippen LogP contribution in [-0.2, 0) is 0 Å². The predicted octanol–water partition coefficient (Wildman–Crippen LogP) is 2.81. The van der Waals surface area contributed by atoms with Crippen molar-refractivity contribution in [3.63, 3.8) is 0 Å². The summed E-state index contributed by atoms with van der Waals surface area (Å²) in [5, 5.41) is 2.99. The first-order valence-corrected chi connectivity index (χ1v) is 9.34. The van der Waals surface area contributed by atoms with Gasteiger partial charge < -0.3 is 4.74 Å². The Morgan fingerprint density at radius 2 is 1.78 bits per heavy atom. The molecule has 0 aliphatic carbocycles. The SMILES string of the molecule is COc1cccc2c1[Si](C)(C)c1ccc(C)cc1-2. The summed E-state index contributed by atoms with van der Waals surface area (Å²) < 4.78 is 5.59. The Bertz CT molecular complexity index is 629. The molecule has 1 nitrogen and oxygen atoms in total. The summed E-state index contributed by atoms with van der Waals surface area (Å²) in [6.07, 6.45) is 0. The van der Waals surface area contributed by atoms with Crippen LogP contribution in [0.15, 0.2) is 36.4 Å². The largest absolute Gasteiger partial charge is 0.497 e. The minimum absolute atomic E-state index is 1.05. The maximum Gasteiger partial charge on any atom is 0.119 e. The van der Waals surface area contributed by atoms with Crippen molar-refractivity contribution < 1.29 is 4.74 Å². The van der Waals surface area contributed by atoms with Crippen LogP contribution < -0.4 is 15.1 Å². The van der Waals surface area contributed by atoms with Crippen molar-refractivity contribution in [1.29, 1.82) is 0 Å². The van der Waals surface area contributed by atoms with E-state index in [1.54, 1.807) is 7.11 Å². The summed E-state index contributed by atoms with van der Waals surface area (Å²) in [6, 6.07) is 13.3. The molecule has 1 heterocycles. The second kappa shape index (κ2) is 3.72. The van der Waals surface area contributed by atoms with E-state index in [2.05, 4.69) is 56.4 Å². The molecule has 1 aliphatic rings. The average Bonchev–Trinajstić information content (AvgIpc) is 2.58. The molecule has 0 saturated carbocycles. The maximum atomic E-state index is 5.59. The molecule has 0 aromatic heterocycles. The van der Waals surface area contributed by atoms with Crippen LogP contribution in [0, 0.1) is 6.92 Å². The van der Waals surface area contributed by atoms with Gasteiger partial charge in [0.1, 0.15) is 13.8 Å². The molecule has 3 rings (SSSR count). The summed E-state index contributed by atoms with van der Waals surface area (Å²) in [6.45, 7) is 6.98. The van der Waals surface area contributed by atoms with Gasteiger partial charge in [-0.1, -0.05) is 49.0 Å². The highest BCUT2D eigenvalue weighted by atomic mass is 28.3. The molecule has 2 aromatic rings. The van der Waals surface area contributed by atoms with Gasteiger partial charge in [0.2, 0.25) is 0 Å². The quantitative estimate of drug-likeness (QED) is 0.711. The topological polar surface area (TPSA) is 9.23 Å². The highest BCUT2D eigenvalue weighted by Gasteiger charge is 2.39. The fraction of sp³-hybridized carbons (Fsp3) is 0.250. The second-order valence-electron chi connectivity index (χ2n) is 5.56. The molecular formula is C16H18OSi. The van der Waals surface area contributed by atoms with Gasteiger partial charge in [-0.2, -0.15) is 0 Å². The number of benzene rings is 2. The van der Waals surface area contributed by atoms with E-state index in [9.17, 15) is 0 Å². The van der Waals surface area contributed by atoms with Gasteiger partial charge in [-0.15, -0.1) is 0 Å². The van der Waals surface area contributed by atoms with E-state index < -0.39 is 8.07 Å². The molecule has 0 bridgehead atoms. The fourth-order valence-electron chi connectivity index (χ4n) is 3.13. The second-order valence-corrected chi connectivity index (χ2v) is 9.85. The number of methoxy groups -OCH3 is 1. The Labute approximate surface area is 109 Å². The van der Waals surface area contributed by atoms with Crippen LogP contribution in [0.3, 0.4) is 0 Å². The number of hydrogen-bond donors (Lipinski definition) is 0. The third-order valence-corrected chi connectivity index (χ3v) is 7.56. The van der Waals surface area contributed by atoms with Gasteiger partial charge in [0.05, 0.1) is 7.11 Å². The van der Waals surface area contributed by atoms with Gasteiger partial charge in [0, 0.05) is 0 Å². The van der Waals surface area contributed by atoms with Crippen molar-refractivity contribution in [2.45, 2.75) is 20.0 Å². The number of hydrogen-bond acceptors (Lipinski definition) is 1. The monoisotopic (exact) mass is 254 g/mol. The third kappa shape index (κ3) is 1.39. The molecule has 0 saturated heterocycles. The molecule has 0 unspecified atom stereocenters. The smallest absolute Gasteiger partial charge is 0.119 e. The van der Waals surface area contributed by atoms with Crippen LogP contribution >= 0.6 is 0 Å². The van der Waals surface area contributed by atoms with E-state index in [0.29, 0.717) is 0 Å². The van der Waals surface area contributed by atoms with Crippen molar-refractivity contribution in [1.82, 2.24) is 0 Å². The summed E-state index contributed by atoms with van der Waals surface area (Å²) in [5.41, 5.74) is 4.12. The lowest BCUT2D eigenvalue weighted by atomic mass is 10.0. The molecular weight excluding hydrogens is 236 g/mol. The van der Waals surface area contributed by atoms with E-state index in [0.717, 1.165) is 5.75 Å². The third-order valence-electron chi connectivity index (χ3n) is 4.01. The summed E-state index contributed by atoms with van der Waals surface area (Å²) in [7, 11) is 0.177. The van der Waals surface area contributed by atoms with E-state index in [1.807, 2.05) is 0 Å². The average molecular weight is 254 g/mol. The molecule has 0 spiro atoms. The molecule has 2 heteroatoms. The lowest BCUT2D eigenvalue weighted by molar-refractivity contribution is 0.418. The zero-order valence-corrected chi connectivity index (χ0v) is 12.4. The minimum Gasteiger partial charge on any atom is -0.497 e. The van der Waals surface area contributed by atoms with E-state index >= 15 is 0 Å². The number of fused-ring (bicyclic) bond motifs is 3. The van der Waals surface area contributed by atoms with Crippen LogP contribution in [-0.4, -0.2) is 15.2 Å². The van der Waals surface area contributed by atoms with Gasteiger partial charge in [-0.25, -0.2) is 0 Å². The molecule has 18 heavy (non-hydrogen) atoms. The Morgan fingerprint density at radius 1 is 1.00 bits per heavy atom. The first kappa shape index (κ1) is 11.5. The van der Waals surface area contributed by atoms with Gasteiger partial charge >= 0.3 is 0 Å². The molecule has 1 aliphatic heterocycles. The van der Waals surface area contributed by atoms with Crippen molar-refractivity contribution in [2.24, 2.45) is 0 Å². The Kier molecular flexibility index (Phi) is 2.39. The van der Waals surface area contributed by atoms with Crippen molar-refractivity contribution in [2.75, 3.05) is 7.11 Å². The number of aryl methyl sites for hydroxylation is 1. The Balaban J connectivity index is 2.39. The number of rotatable bonds is 1. The summed E-state index contributed by atoms with van der Waals surface area (Å²) in [4.78, 5) is 0. The first-order valence-electron chi connectivity index (χ1n) is 6.34. The molecule has 2 aromatic carbocycles. The van der Waals surface area contributed by atoms with Crippen LogP contribution in [0.4, 0.5) is 0 Å². The van der Waals surface area contributed by atoms with Crippen LogP contribution in [0.5, 0.6) is 5.75 Å². The number of ether oxygens (including phenoxy) is 1. The maximum absolute atomic E-state index is 5.59. The Morgan fingerprint density at radius 3 is 2.50 bits per heavy atom. The van der Waals surface area contributed by atoms with Gasteiger partial charge in [0.15, 0.2) is 0 Å². The highest BCUT2D eigenvalue weighted by molar-refractivity contribution is 7.04. The zero-order valence-electron chi connectivity index (χ0n) is 11.4. The van der Waals surface area contributed by atoms with Gasteiger partial charge in [-0.3, -0.25) is 0 Å². The van der Waals surface area contributed by atoms with Gasteiger partial charge in [0.25, 0.3) is 0 Å². The summed E-state index contributed by atoms with van der Waals surface area (Å²) >= 11 is 0. The van der Waals surface area contributed by atoms with E-state index in [-0.39, 0.29) is 0 Å². The molecule has 0 fully saturated rings. The normalized spacial score (nSPS) is 15.1.